The molecule has 8 nitrogen and oxygen atoms in total. The highest BCUT2D eigenvalue weighted by molar-refractivity contribution is 7.90. The van der Waals surface area contributed by atoms with E-state index in [9.17, 15) is 13.2 Å². The number of benzene rings is 1. The summed E-state index contributed by atoms with van der Waals surface area (Å²) >= 11 is 0. The second-order valence-electron chi connectivity index (χ2n) is 6.42. The molecule has 0 aliphatic carbocycles. The number of carbonyl (C=O) groups excluding carboxylic acids is 1. The Morgan fingerprint density at radius 1 is 1.04 bits per heavy atom. The quantitative estimate of drug-likeness (QED) is 0.325. The number of hydrogen-bond acceptors (Lipinski definition) is 6. The zero-order chi connectivity index (χ0) is 19.7. The largest absolute Gasteiger partial charge is 0.337 e. The molecule has 3 N–H and O–H groups in total. The minimum absolute atomic E-state index is 0.232. The van der Waals surface area contributed by atoms with Gasteiger partial charge in [0.05, 0.1) is 5.52 Å². The SMILES string of the molecule is CCCCCCCCNC(=O)NNc1nc(S(C)(=O)=O)nc2ccccc12. The summed E-state index contributed by atoms with van der Waals surface area (Å²) in [5.41, 5.74) is 5.66. The fraction of sp³-hybridized carbons (Fsp3) is 0.500. The lowest BCUT2D eigenvalue weighted by molar-refractivity contribution is 0.242. The van der Waals surface area contributed by atoms with Crippen LogP contribution in [-0.4, -0.2) is 37.2 Å². The van der Waals surface area contributed by atoms with Crippen LogP contribution in [0.2, 0.25) is 0 Å². The predicted molar refractivity (Wildman–Crippen MR) is 106 cm³/mol. The number of sulfone groups is 1. The first-order chi connectivity index (χ1) is 12.9. The number of carbonyl (C=O) groups is 1. The maximum Gasteiger partial charge on any atom is 0.333 e. The summed E-state index contributed by atoms with van der Waals surface area (Å²) in [7, 11) is -3.57. The first-order valence-electron chi connectivity index (χ1n) is 9.18. The van der Waals surface area contributed by atoms with Crippen LogP contribution in [0.4, 0.5) is 10.6 Å². The molecule has 0 atom stereocenters. The van der Waals surface area contributed by atoms with Crippen molar-refractivity contribution >= 4 is 32.6 Å². The Hall–Kier alpha value is -2.42. The van der Waals surface area contributed by atoms with Crippen LogP contribution < -0.4 is 16.2 Å². The number of nitrogens with zero attached hydrogens (tertiary/aromatic N) is 2. The number of aromatic nitrogens is 2. The number of unbranched alkanes of at least 4 members (excludes halogenated alkanes) is 5. The Balaban J connectivity index is 1.91. The molecule has 0 bridgehead atoms. The molecular formula is C18H27N5O3S. The summed E-state index contributed by atoms with van der Waals surface area (Å²) in [5, 5.41) is 3.08. The number of para-hydroxylation sites is 1. The maximum atomic E-state index is 11.9. The fourth-order valence-electron chi connectivity index (χ4n) is 2.58. The standard InChI is InChI=1S/C18H27N5O3S/c1-3-4-5-6-7-10-13-19-17(24)23-22-16-14-11-8-9-12-15(14)20-18(21-16)27(2,25)26/h8-9,11-12H,3-7,10,13H2,1-2H3,(H2,19,23,24)(H,20,21,22). The van der Waals surface area contributed by atoms with Crippen molar-refractivity contribution in [2.24, 2.45) is 0 Å². The lowest BCUT2D eigenvalue weighted by Crippen LogP contribution is -2.39. The monoisotopic (exact) mass is 393 g/mol. The molecule has 0 saturated carbocycles. The highest BCUT2D eigenvalue weighted by Crippen LogP contribution is 2.21. The second kappa shape index (κ2) is 10.1. The Labute approximate surface area is 160 Å². The molecule has 0 aliphatic heterocycles. The van der Waals surface area contributed by atoms with E-state index < -0.39 is 15.9 Å². The Bertz CT molecular complexity index is 870. The summed E-state index contributed by atoms with van der Waals surface area (Å²) in [6, 6.07) is 6.59. The molecule has 9 heteroatoms. The molecule has 2 aromatic rings. The van der Waals surface area contributed by atoms with Crippen molar-refractivity contribution in [3.8, 4) is 0 Å². The van der Waals surface area contributed by atoms with Crippen molar-refractivity contribution in [2.75, 3.05) is 18.2 Å². The summed E-state index contributed by atoms with van der Waals surface area (Å²) in [6.45, 7) is 2.76. The lowest BCUT2D eigenvalue weighted by atomic mass is 10.1. The minimum atomic E-state index is -3.57. The minimum Gasteiger partial charge on any atom is -0.337 e. The normalized spacial score (nSPS) is 11.3. The zero-order valence-electron chi connectivity index (χ0n) is 15.8. The lowest BCUT2D eigenvalue weighted by Gasteiger charge is -2.12. The number of nitrogens with one attached hydrogen (secondary N) is 3. The number of hydrogen-bond donors (Lipinski definition) is 3. The molecule has 0 spiro atoms. The van der Waals surface area contributed by atoms with Gasteiger partial charge < -0.3 is 5.32 Å². The van der Waals surface area contributed by atoms with Crippen molar-refractivity contribution in [1.29, 1.82) is 0 Å². The number of urea groups is 1. The number of hydrazine groups is 1. The van der Waals surface area contributed by atoms with Gasteiger partial charge in [-0.15, -0.1) is 0 Å². The third-order valence-electron chi connectivity index (χ3n) is 4.02. The van der Waals surface area contributed by atoms with Crippen LogP contribution in [0, 0.1) is 0 Å². The van der Waals surface area contributed by atoms with E-state index in [0.29, 0.717) is 17.4 Å². The zero-order valence-corrected chi connectivity index (χ0v) is 16.6. The van der Waals surface area contributed by atoms with Crippen molar-refractivity contribution in [3.63, 3.8) is 0 Å². The molecule has 0 aliphatic rings. The molecule has 0 saturated heterocycles. The van der Waals surface area contributed by atoms with E-state index in [2.05, 4.69) is 33.1 Å². The van der Waals surface area contributed by atoms with Crippen LogP contribution in [0.1, 0.15) is 45.4 Å². The fourth-order valence-corrected chi connectivity index (χ4v) is 3.11. The van der Waals surface area contributed by atoms with Gasteiger partial charge >= 0.3 is 6.03 Å². The van der Waals surface area contributed by atoms with Gasteiger partial charge in [-0.1, -0.05) is 51.2 Å². The second-order valence-corrected chi connectivity index (χ2v) is 8.33. The smallest absolute Gasteiger partial charge is 0.333 e. The van der Waals surface area contributed by atoms with Crippen LogP contribution in [-0.2, 0) is 9.84 Å². The van der Waals surface area contributed by atoms with E-state index >= 15 is 0 Å². The van der Waals surface area contributed by atoms with Gasteiger partial charge in [-0.05, 0) is 18.6 Å². The van der Waals surface area contributed by atoms with E-state index in [1.807, 2.05) is 0 Å². The Kier molecular flexibility index (Phi) is 7.78. The van der Waals surface area contributed by atoms with Crippen LogP contribution in [0.25, 0.3) is 10.9 Å². The van der Waals surface area contributed by atoms with E-state index in [1.165, 1.54) is 25.7 Å². The van der Waals surface area contributed by atoms with E-state index in [4.69, 9.17) is 0 Å². The highest BCUT2D eigenvalue weighted by Gasteiger charge is 2.15. The van der Waals surface area contributed by atoms with Gasteiger partial charge in [-0.3, -0.25) is 10.9 Å². The molecule has 0 unspecified atom stereocenters. The number of amides is 2. The highest BCUT2D eigenvalue weighted by atomic mass is 32.2. The summed E-state index contributed by atoms with van der Waals surface area (Å²) in [4.78, 5) is 20.0. The Morgan fingerprint density at radius 2 is 1.74 bits per heavy atom. The average molecular weight is 394 g/mol. The molecule has 27 heavy (non-hydrogen) atoms. The van der Waals surface area contributed by atoms with Crippen LogP contribution in [0.3, 0.4) is 0 Å². The molecule has 1 aromatic heterocycles. The summed E-state index contributed by atoms with van der Waals surface area (Å²) in [6.07, 6.45) is 7.92. The van der Waals surface area contributed by atoms with E-state index in [0.717, 1.165) is 19.1 Å². The molecule has 0 fully saturated rings. The van der Waals surface area contributed by atoms with Crippen molar-refractivity contribution in [3.05, 3.63) is 24.3 Å². The van der Waals surface area contributed by atoms with Crippen LogP contribution in [0.5, 0.6) is 0 Å². The van der Waals surface area contributed by atoms with Gasteiger partial charge in [-0.25, -0.2) is 18.2 Å². The molecule has 2 rings (SSSR count). The van der Waals surface area contributed by atoms with Gasteiger partial charge in [-0.2, -0.15) is 4.98 Å². The van der Waals surface area contributed by atoms with Gasteiger partial charge in [0, 0.05) is 18.2 Å². The molecule has 1 aromatic carbocycles. The molecule has 1 heterocycles. The predicted octanol–water partition coefficient (Wildman–Crippen LogP) is 3.02. The number of fused-ring (bicyclic) bond motifs is 1. The summed E-state index contributed by atoms with van der Waals surface area (Å²) in [5.74, 6) is 0.232. The van der Waals surface area contributed by atoms with E-state index in [1.54, 1.807) is 24.3 Å². The molecule has 0 radical (unpaired) electrons. The first-order valence-corrected chi connectivity index (χ1v) is 11.1. The molecule has 2 amide bonds. The Morgan fingerprint density at radius 3 is 2.48 bits per heavy atom. The van der Waals surface area contributed by atoms with Crippen LogP contribution >= 0.6 is 0 Å². The third-order valence-corrected chi connectivity index (χ3v) is 4.87. The van der Waals surface area contributed by atoms with Gasteiger partial charge in [0.1, 0.15) is 0 Å². The number of rotatable bonds is 10. The third kappa shape index (κ3) is 6.67. The molecular weight excluding hydrogens is 366 g/mol. The van der Waals surface area contributed by atoms with Gasteiger partial charge in [0.25, 0.3) is 0 Å². The number of anilines is 1. The van der Waals surface area contributed by atoms with Crippen molar-refractivity contribution in [1.82, 2.24) is 20.7 Å². The molecule has 148 valence electrons. The van der Waals surface area contributed by atoms with Gasteiger partial charge in [0.15, 0.2) is 5.82 Å². The maximum absolute atomic E-state index is 11.9. The summed E-state index contributed by atoms with van der Waals surface area (Å²) < 4.78 is 23.6. The topological polar surface area (TPSA) is 113 Å². The van der Waals surface area contributed by atoms with Crippen molar-refractivity contribution in [2.45, 2.75) is 50.6 Å². The van der Waals surface area contributed by atoms with Crippen molar-refractivity contribution < 1.29 is 13.2 Å². The first kappa shape index (κ1) is 20.9. The average Bonchev–Trinajstić information content (AvgIpc) is 2.64. The van der Waals surface area contributed by atoms with Crippen LogP contribution in [0.15, 0.2) is 29.4 Å². The van der Waals surface area contributed by atoms with Gasteiger partial charge in [0.2, 0.25) is 15.0 Å². The van der Waals surface area contributed by atoms with E-state index in [-0.39, 0.29) is 11.0 Å².